The van der Waals surface area contributed by atoms with Crippen LogP contribution in [-0.2, 0) is 16.0 Å². The van der Waals surface area contributed by atoms with Crippen LogP contribution in [0.5, 0.6) is 0 Å². The standard InChI is InChI=1S/C16H21N5O3/c1-3-16(4-2,15(23)24)10-17-14(22)9-12-5-7-13(8-6-12)21-11-18-19-20-21/h5-8,11H,3-4,9-10H2,1-2H3,(H,17,22)(H,23,24). The molecule has 24 heavy (non-hydrogen) atoms. The van der Waals surface area contributed by atoms with E-state index in [1.165, 1.54) is 11.0 Å². The lowest BCUT2D eigenvalue weighted by Crippen LogP contribution is -2.42. The molecule has 0 spiro atoms. The van der Waals surface area contributed by atoms with Gasteiger partial charge in [-0.3, -0.25) is 9.59 Å². The van der Waals surface area contributed by atoms with Gasteiger partial charge < -0.3 is 10.4 Å². The molecule has 0 aliphatic heterocycles. The Morgan fingerprint density at radius 3 is 2.38 bits per heavy atom. The topological polar surface area (TPSA) is 110 Å². The fraction of sp³-hybridized carbons (Fsp3) is 0.438. The molecule has 1 amide bonds. The second-order valence-electron chi connectivity index (χ2n) is 5.67. The number of rotatable bonds is 8. The first-order valence-electron chi connectivity index (χ1n) is 7.83. The van der Waals surface area contributed by atoms with Gasteiger partial charge >= 0.3 is 5.97 Å². The summed E-state index contributed by atoms with van der Waals surface area (Å²) in [6, 6.07) is 7.28. The van der Waals surface area contributed by atoms with Crippen LogP contribution < -0.4 is 5.32 Å². The van der Waals surface area contributed by atoms with Crippen LogP contribution in [0.4, 0.5) is 0 Å². The summed E-state index contributed by atoms with van der Waals surface area (Å²) in [5.41, 5.74) is 0.726. The monoisotopic (exact) mass is 331 g/mol. The summed E-state index contributed by atoms with van der Waals surface area (Å²) in [6.45, 7) is 3.78. The molecule has 2 N–H and O–H groups in total. The molecule has 128 valence electrons. The molecule has 8 nitrogen and oxygen atoms in total. The van der Waals surface area contributed by atoms with Crippen LogP contribution in [0, 0.1) is 5.41 Å². The molecule has 2 rings (SSSR count). The van der Waals surface area contributed by atoms with E-state index in [1.807, 2.05) is 38.1 Å². The molecule has 1 aromatic carbocycles. The Morgan fingerprint density at radius 1 is 1.21 bits per heavy atom. The normalized spacial score (nSPS) is 11.2. The molecule has 8 heteroatoms. The van der Waals surface area contributed by atoms with Crippen molar-refractivity contribution in [2.24, 2.45) is 5.41 Å². The van der Waals surface area contributed by atoms with Gasteiger partial charge in [-0.2, -0.15) is 0 Å². The fourth-order valence-corrected chi connectivity index (χ4v) is 2.44. The van der Waals surface area contributed by atoms with Crippen molar-refractivity contribution in [3.63, 3.8) is 0 Å². The minimum absolute atomic E-state index is 0.136. The summed E-state index contributed by atoms with van der Waals surface area (Å²) in [5, 5.41) is 23.0. The van der Waals surface area contributed by atoms with E-state index in [0.717, 1.165) is 11.3 Å². The van der Waals surface area contributed by atoms with Gasteiger partial charge in [-0.05, 0) is 41.0 Å². The molecule has 1 aromatic heterocycles. The summed E-state index contributed by atoms with van der Waals surface area (Å²) < 4.78 is 1.52. The van der Waals surface area contributed by atoms with Crippen LogP contribution in [0.3, 0.4) is 0 Å². The lowest BCUT2D eigenvalue weighted by Gasteiger charge is -2.26. The van der Waals surface area contributed by atoms with Gasteiger partial charge in [-0.15, -0.1) is 5.10 Å². The second kappa shape index (κ2) is 7.67. The molecule has 2 aromatic rings. The van der Waals surface area contributed by atoms with Gasteiger partial charge in [0.2, 0.25) is 5.91 Å². The number of hydrogen-bond donors (Lipinski definition) is 2. The Bertz CT molecular complexity index is 678. The van der Waals surface area contributed by atoms with Crippen molar-refractivity contribution in [1.82, 2.24) is 25.5 Å². The number of hydrogen-bond acceptors (Lipinski definition) is 5. The molecule has 0 unspecified atom stereocenters. The Labute approximate surface area is 139 Å². The number of aromatic nitrogens is 4. The van der Waals surface area contributed by atoms with Gasteiger partial charge in [0.05, 0.1) is 17.5 Å². The maximum absolute atomic E-state index is 12.1. The summed E-state index contributed by atoms with van der Waals surface area (Å²) in [6.07, 6.45) is 2.63. The van der Waals surface area contributed by atoms with Gasteiger partial charge in [-0.1, -0.05) is 26.0 Å². The minimum Gasteiger partial charge on any atom is -0.481 e. The number of benzene rings is 1. The van der Waals surface area contributed by atoms with Crippen molar-refractivity contribution in [2.45, 2.75) is 33.1 Å². The largest absolute Gasteiger partial charge is 0.481 e. The number of carboxylic acid groups (broad SMARTS) is 1. The van der Waals surface area contributed by atoms with E-state index in [1.54, 1.807) is 0 Å². The quantitative estimate of drug-likeness (QED) is 0.752. The zero-order chi connectivity index (χ0) is 17.6. The highest BCUT2D eigenvalue weighted by Crippen LogP contribution is 2.25. The average molecular weight is 331 g/mol. The van der Waals surface area contributed by atoms with E-state index in [2.05, 4.69) is 20.8 Å². The Morgan fingerprint density at radius 2 is 1.88 bits per heavy atom. The predicted octanol–water partition coefficient (Wildman–Crippen LogP) is 1.21. The number of carbonyl (C=O) groups is 2. The molecule has 0 aliphatic carbocycles. The average Bonchev–Trinajstić information content (AvgIpc) is 3.11. The molecule has 1 heterocycles. The highest BCUT2D eigenvalue weighted by Gasteiger charge is 2.35. The van der Waals surface area contributed by atoms with Crippen molar-refractivity contribution < 1.29 is 14.7 Å². The SMILES string of the molecule is CCC(CC)(CNC(=O)Cc1ccc(-n2cnnn2)cc1)C(=O)O. The Balaban J connectivity index is 1.94. The highest BCUT2D eigenvalue weighted by atomic mass is 16.4. The third-order valence-corrected chi connectivity index (χ3v) is 4.35. The fourth-order valence-electron chi connectivity index (χ4n) is 2.44. The van der Waals surface area contributed by atoms with E-state index in [4.69, 9.17) is 0 Å². The van der Waals surface area contributed by atoms with Gasteiger partial charge in [0.15, 0.2) is 0 Å². The second-order valence-corrected chi connectivity index (χ2v) is 5.67. The molecule has 0 saturated carbocycles. The number of nitrogens with zero attached hydrogens (tertiary/aromatic N) is 4. The van der Waals surface area contributed by atoms with Crippen molar-refractivity contribution >= 4 is 11.9 Å². The van der Waals surface area contributed by atoms with E-state index in [-0.39, 0.29) is 18.9 Å². The van der Waals surface area contributed by atoms with E-state index in [9.17, 15) is 14.7 Å². The van der Waals surface area contributed by atoms with Gasteiger partial charge in [0.1, 0.15) is 6.33 Å². The molecule has 0 aliphatic rings. The van der Waals surface area contributed by atoms with E-state index >= 15 is 0 Å². The smallest absolute Gasteiger partial charge is 0.311 e. The van der Waals surface area contributed by atoms with E-state index < -0.39 is 11.4 Å². The van der Waals surface area contributed by atoms with Crippen molar-refractivity contribution in [2.75, 3.05) is 6.54 Å². The van der Waals surface area contributed by atoms with Crippen LogP contribution in [0.2, 0.25) is 0 Å². The first-order valence-corrected chi connectivity index (χ1v) is 7.83. The number of aliphatic carboxylic acids is 1. The Kier molecular flexibility index (Phi) is 5.62. The molecular formula is C16H21N5O3. The van der Waals surface area contributed by atoms with Crippen LogP contribution in [0.25, 0.3) is 5.69 Å². The van der Waals surface area contributed by atoms with Crippen molar-refractivity contribution in [3.8, 4) is 5.69 Å². The van der Waals surface area contributed by atoms with Crippen LogP contribution in [0.15, 0.2) is 30.6 Å². The number of tetrazole rings is 1. The first kappa shape index (κ1) is 17.6. The molecule has 0 atom stereocenters. The molecular weight excluding hydrogens is 310 g/mol. The predicted molar refractivity (Wildman–Crippen MR) is 86.5 cm³/mol. The van der Waals surface area contributed by atoms with Crippen LogP contribution >= 0.6 is 0 Å². The zero-order valence-electron chi connectivity index (χ0n) is 13.8. The van der Waals surface area contributed by atoms with Gasteiger partial charge in [0, 0.05) is 6.54 Å². The van der Waals surface area contributed by atoms with Crippen molar-refractivity contribution in [3.05, 3.63) is 36.2 Å². The molecule has 0 radical (unpaired) electrons. The number of carbonyl (C=O) groups excluding carboxylic acids is 1. The number of amides is 1. The lowest BCUT2D eigenvalue weighted by atomic mass is 9.82. The third kappa shape index (κ3) is 3.95. The number of carboxylic acids is 1. The maximum Gasteiger partial charge on any atom is 0.311 e. The molecule has 0 bridgehead atoms. The lowest BCUT2D eigenvalue weighted by molar-refractivity contribution is -0.149. The van der Waals surface area contributed by atoms with Crippen LogP contribution in [-0.4, -0.2) is 43.7 Å². The van der Waals surface area contributed by atoms with E-state index in [0.29, 0.717) is 12.8 Å². The third-order valence-electron chi connectivity index (χ3n) is 4.35. The summed E-state index contributed by atoms with van der Waals surface area (Å²) in [5.74, 6) is -1.07. The van der Waals surface area contributed by atoms with Crippen LogP contribution in [0.1, 0.15) is 32.3 Å². The zero-order valence-corrected chi connectivity index (χ0v) is 13.8. The maximum atomic E-state index is 12.1. The van der Waals surface area contributed by atoms with Crippen molar-refractivity contribution in [1.29, 1.82) is 0 Å². The Hall–Kier alpha value is -2.77. The summed E-state index contributed by atoms with van der Waals surface area (Å²) >= 11 is 0. The van der Waals surface area contributed by atoms with Gasteiger partial charge in [-0.25, -0.2) is 4.68 Å². The van der Waals surface area contributed by atoms with Gasteiger partial charge in [0.25, 0.3) is 0 Å². The molecule has 0 saturated heterocycles. The first-order chi connectivity index (χ1) is 11.5. The highest BCUT2D eigenvalue weighted by molar-refractivity contribution is 5.80. The number of nitrogens with one attached hydrogen (secondary N) is 1. The molecule has 0 fully saturated rings. The summed E-state index contributed by atoms with van der Waals surface area (Å²) in [4.78, 5) is 23.5. The summed E-state index contributed by atoms with van der Waals surface area (Å²) in [7, 11) is 0. The minimum atomic E-state index is -0.903.